The van der Waals surface area contributed by atoms with Gasteiger partial charge in [-0.3, -0.25) is 9.89 Å². The second kappa shape index (κ2) is 5.58. The summed E-state index contributed by atoms with van der Waals surface area (Å²) in [7, 11) is 3.27. The number of methoxy groups -OCH3 is 1. The topological polar surface area (TPSA) is 84.0 Å². The fourth-order valence-corrected chi connectivity index (χ4v) is 2.16. The highest BCUT2D eigenvalue weighted by Crippen LogP contribution is 2.20. The van der Waals surface area contributed by atoms with Crippen LogP contribution in [0.25, 0.3) is 0 Å². The largest absolute Gasteiger partial charge is 0.469 e. The molecule has 96 valence electrons. The molecule has 2 aromatic rings. The Labute approximate surface area is 108 Å². The smallest absolute Gasteiger partial charge is 0.311 e. The number of hydrogen-bond acceptors (Lipinski definition) is 7. The number of aromatic nitrogens is 4. The molecule has 0 spiro atoms. The molecule has 0 fully saturated rings. The third-order valence-corrected chi connectivity index (χ3v) is 3.27. The highest BCUT2D eigenvalue weighted by Gasteiger charge is 2.11. The Kier molecular flexibility index (Phi) is 3.88. The molecule has 18 heavy (non-hydrogen) atoms. The van der Waals surface area contributed by atoms with Gasteiger partial charge < -0.3 is 9.64 Å². The summed E-state index contributed by atoms with van der Waals surface area (Å²) in [6, 6.07) is 0. The first-order chi connectivity index (χ1) is 8.69. The summed E-state index contributed by atoms with van der Waals surface area (Å²) >= 11 is 1.48. The van der Waals surface area contributed by atoms with Gasteiger partial charge in [0.05, 0.1) is 25.8 Å². The van der Waals surface area contributed by atoms with Gasteiger partial charge in [-0.1, -0.05) is 0 Å². The Bertz CT molecular complexity index is 510. The van der Waals surface area contributed by atoms with Crippen molar-refractivity contribution in [1.82, 2.24) is 20.2 Å². The van der Waals surface area contributed by atoms with Gasteiger partial charge in [0.1, 0.15) is 12.2 Å². The number of H-pyrrole nitrogens is 1. The van der Waals surface area contributed by atoms with E-state index in [2.05, 4.69) is 24.9 Å². The normalized spacial score (nSPS) is 10.3. The number of anilines is 1. The monoisotopic (exact) mass is 267 g/mol. The van der Waals surface area contributed by atoms with Crippen molar-refractivity contribution >= 4 is 22.4 Å². The average molecular weight is 267 g/mol. The number of rotatable bonds is 5. The molecular formula is C10H13N5O2S. The zero-order valence-electron chi connectivity index (χ0n) is 10.1. The number of hydrogen-bond donors (Lipinski definition) is 1. The third-order valence-electron chi connectivity index (χ3n) is 2.27. The van der Waals surface area contributed by atoms with Crippen molar-refractivity contribution < 1.29 is 9.53 Å². The van der Waals surface area contributed by atoms with E-state index in [1.165, 1.54) is 24.8 Å². The number of carbonyl (C=O) groups excluding carboxylic acids is 1. The minimum atomic E-state index is -0.287. The first kappa shape index (κ1) is 12.5. The summed E-state index contributed by atoms with van der Waals surface area (Å²) < 4.78 is 4.60. The summed E-state index contributed by atoms with van der Waals surface area (Å²) in [6.07, 6.45) is 1.66. The van der Waals surface area contributed by atoms with Crippen molar-refractivity contribution in [2.24, 2.45) is 0 Å². The molecule has 2 rings (SSSR count). The Morgan fingerprint density at radius 3 is 3.11 bits per heavy atom. The highest BCUT2D eigenvalue weighted by molar-refractivity contribution is 7.13. The van der Waals surface area contributed by atoms with E-state index >= 15 is 0 Å². The predicted molar refractivity (Wildman–Crippen MR) is 66.3 cm³/mol. The summed E-state index contributed by atoms with van der Waals surface area (Å²) in [5.74, 6) is 0.479. The van der Waals surface area contributed by atoms with Crippen molar-refractivity contribution in [2.45, 2.75) is 13.0 Å². The van der Waals surface area contributed by atoms with Crippen LogP contribution in [0.2, 0.25) is 0 Å². The van der Waals surface area contributed by atoms with Gasteiger partial charge in [-0.25, -0.2) is 9.97 Å². The van der Waals surface area contributed by atoms with E-state index in [-0.39, 0.29) is 12.4 Å². The maximum Gasteiger partial charge on any atom is 0.311 e. The van der Waals surface area contributed by atoms with Crippen LogP contribution in [0, 0.1) is 0 Å². The van der Waals surface area contributed by atoms with Crippen LogP contribution in [0.1, 0.15) is 11.5 Å². The van der Waals surface area contributed by atoms with Crippen LogP contribution in [0.4, 0.5) is 5.13 Å². The Morgan fingerprint density at radius 2 is 2.44 bits per heavy atom. The van der Waals surface area contributed by atoms with Gasteiger partial charge in [0, 0.05) is 12.4 Å². The van der Waals surface area contributed by atoms with E-state index in [0.717, 1.165) is 11.0 Å². The van der Waals surface area contributed by atoms with Gasteiger partial charge in [0.2, 0.25) is 0 Å². The molecule has 0 aliphatic rings. The number of esters is 1. The van der Waals surface area contributed by atoms with Crippen LogP contribution in [0.5, 0.6) is 0 Å². The van der Waals surface area contributed by atoms with Gasteiger partial charge in [0.25, 0.3) is 0 Å². The molecular weight excluding hydrogens is 254 g/mol. The van der Waals surface area contributed by atoms with Gasteiger partial charge in [0.15, 0.2) is 5.13 Å². The number of thiazole rings is 1. The van der Waals surface area contributed by atoms with Gasteiger partial charge in [-0.2, -0.15) is 5.10 Å². The maximum absolute atomic E-state index is 11.1. The highest BCUT2D eigenvalue weighted by atomic mass is 32.1. The van der Waals surface area contributed by atoms with Crippen molar-refractivity contribution in [3.05, 3.63) is 23.2 Å². The van der Waals surface area contributed by atoms with Crippen LogP contribution in [-0.2, 0) is 22.5 Å². The molecule has 0 unspecified atom stereocenters. The van der Waals surface area contributed by atoms with Gasteiger partial charge in [-0.05, 0) is 0 Å². The Balaban J connectivity index is 1.98. The zero-order valence-corrected chi connectivity index (χ0v) is 10.9. The summed E-state index contributed by atoms with van der Waals surface area (Å²) in [5.41, 5.74) is 0.714. The molecule has 0 aliphatic heterocycles. The first-order valence-electron chi connectivity index (χ1n) is 5.25. The zero-order chi connectivity index (χ0) is 13.0. The fourth-order valence-electron chi connectivity index (χ4n) is 1.37. The molecule has 0 radical (unpaired) electrons. The minimum absolute atomic E-state index is 0.198. The van der Waals surface area contributed by atoms with Crippen LogP contribution >= 0.6 is 11.3 Å². The molecule has 0 saturated heterocycles. The minimum Gasteiger partial charge on any atom is -0.469 e. The lowest BCUT2D eigenvalue weighted by Crippen LogP contribution is -2.17. The van der Waals surface area contributed by atoms with Crippen LogP contribution in [-0.4, -0.2) is 40.3 Å². The summed E-state index contributed by atoms with van der Waals surface area (Å²) in [4.78, 5) is 21.5. The third kappa shape index (κ3) is 3.04. The summed E-state index contributed by atoms with van der Waals surface area (Å²) in [5, 5.41) is 9.24. The lowest BCUT2D eigenvalue weighted by molar-refractivity contribution is -0.139. The van der Waals surface area contributed by atoms with Gasteiger partial charge >= 0.3 is 5.97 Å². The lowest BCUT2D eigenvalue weighted by atomic mass is 10.3. The van der Waals surface area contributed by atoms with E-state index in [1.807, 2.05) is 17.3 Å². The Morgan fingerprint density at radius 1 is 1.61 bits per heavy atom. The van der Waals surface area contributed by atoms with E-state index in [9.17, 15) is 4.79 Å². The molecule has 2 heterocycles. The second-order valence-corrected chi connectivity index (χ2v) is 4.50. The quantitative estimate of drug-likeness (QED) is 0.799. The molecule has 0 atom stereocenters. The van der Waals surface area contributed by atoms with Crippen molar-refractivity contribution in [3.8, 4) is 0 Å². The molecule has 7 nitrogen and oxygen atoms in total. The number of nitrogens with zero attached hydrogens (tertiary/aromatic N) is 4. The van der Waals surface area contributed by atoms with E-state index in [4.69, 9.17) is 0 Å². The Hall–Kier alpha value is -1.96. The molecule has 0 aliphatic carbocycles. The number of nitrogens with one attached hydrogen (secondary N) is 1. The molecule has 2 aromatic heterocycles. The SMILES string of the molecule is COC(=O)Cc1csc(N(C)Cc2ncn[nH]2)n1. The standard InChI is InChI=1S/C10H13N5O2S/c1-15(4-8-11-6-12-14-8)10-13-7(5-18-10)3-9(16)17-2/h5-6H,3-4H2,1-2H3,(H,11,12,14). The number of aromatic amines is 1. The van der Waals surface area contributed by atoms with Crippen LogP contribution in [0.15, 0.2) is 11.7 Å². The maximum atomic E-state index is 11.1. The number of carbonyl (C=O) groups is 1. The van der Waals surface area contributed by atoms with E-state index in [0.29, 0.717) is 12.2 Å². The number of ether oxygens (including phenoxy) is 1. The molecule has 0 saturated carbocycles. The molecule has 0 bridgehead atoms. The average Bonchev–Trinajstić information content (AvgIpc) is 3.00. The second-order valence-electron chi connectivity index (χ2n) is 3.66. The molecule has 0 amide bonds. The molecule has 0 aromatic carbocycles. The van der Waals surface area contributed by atoms with Gasteiger partial charge in [-0.15, -0.1) is 11.3 Å². The van der Waals surface area contributed by atoms with Crippen LogP contribution in [0.3, 0.4) is 0 Å². The van der Waals surface area contributed by atoms with Crippen molar-refractivity contribution in [2.75, 3.05) is 19.1 Å². The molecule has 1 N–H and O–H groups in total. The van der Waals surface area contributed by atoms with E-state index < -0.39 is 0 Å². The lowest BCUT2D eigenvalue weighted by Gasteiger charge is -2.13. The predicted octanol–water partition coefficient (Wildman–Crippen LogP) is 0.613. The van der Waals surface area contributed by atoms with Crippen molar-refractivity contribution in [1.29, 1.82) is 0 Å². The van der Waals surface area contributed by atoms with Crippen molar-refractivity contribution in [3.63, 3.8) is 0 Å². The van der Waals surface area contributed by atoms with Crippen LogP contribution < -0.4 is 4.90 Å². The fraction of sp³-hybridized carbons (Fsp3) is 0.400. The van der Waals surface area contributed by atoms with E-state index in [1.54, 1.807) is 0 Å². The molecule has 8 heteroatoms. The summed E-state index contributed by atoms with van der Waals surface area (Å²) in [6.45, 7) is 0.588. The first-order valence-corrected chi connectivity index (χ1v) is 6.13.